The molecule has 0 bridgehead atoms. The van der Waals surface area contributed by atoms with Gasteiger partial charge in [-0.3, -0.25) is 9.78 Å². The third kappa shape index (κ3) is 2.55. The van der Waals surface area contributed by atoms with Gasteiger partial charge in [0, 0.05) is 17.0 Å². The fourth-order valence-corrected chi connectivity index (χ4v) is 2.68. The topological polar surface area (TPSA) is 55.1 Å². The number of para-hydroxylation sites is 2. The average molecular weight is 302 g/mol. The zero-order valence-corrected chi connectivity index (χ0v) is 12.3. The number of rotatable bonds is 3. The van der Waals surface area contributed by atoms with Crippen molar-refractivity contribution in [3.05, 3.63) is 78.2 Å². The van der Waals surface area contributed by atoms with Crippen molar-refractivity contribution in [3.8, 4) is 0 Å². The Morgan fingerprint density at radius 2 is 1.87 bits per heavy atom. The quantitative estimate of drug-likeness (QED) is 0.624. The van der Waals surface area contributed by atoms with Crippen LogP contribution in [0.3, 0.4) is 0 Å². The van der Waals surface area contributed by atoms with Crippen LogP contribution in [0.15, 0.2) is 71.3 Å². The van der Waals surface area contributed by atoms with Gasteiger partial charge in [0.05, 0.1) is 17.6 Å². The van der Waals surface area contributed by atoms with Crippen molar-refractivity contribution in [3.63, 3.8) is 0 Å². The van der Waals surface area contributed by atoms with Crippen molar-refractivity contribution in [2.24, 2.45) is 0 Å². The number of fused-ring (bicyclic) bond motifs is 2. The molecule has 0 saturated heterocycles. The molecule has 112 valence electrons. The first-order valence-electron chi connectivity index (χ1n) is 7.41. The van der Waals surface area contributed by atoms with Gasteiger partial charge in [-0.15, -0.1) is 0 Å². The van der Waals surface area contributed by atoms with Gasteiger partial charge < -0.3 is 9.73 Å². The molecule has 0 aliphatic heterocycles. The van der Waals surface area contributed by atoms with Crippen LogP contribution in [0, 0.1) is 0 Å². The van der Waals surface area contributed by atoms with Gasteiger partial charge in [0.2, 0.25) is 0 Å². The summed E-state index contributed by atoms with van der Waals surface area (Å²) in [6.45, 7) is 0.351. The highest BCUT2D eigenvalue weighted by atomic mass is 16.3. The normalized spacial score (nSPS) is 11.0. The summed E-state index contributed by atoms with van der Waals surface area (Å²) in [4.78, 5) is 16.7. The van der Waals surface area contributed by atoms with Crippen molar-refractivity contribution in [1.29, 1.82) is 0 Å². The van der Waals surface area contributed by atoms with E-state index < -0.39 is 0 Å². The molecular weight excluding hydrogens is 288 g/mol. The smallest absolute Gasteiger partial charge is 0.252 e. The van der Waals surface area contributed by atoms with E-state index in [4.69, 9.17) is 4.42 Å². The highest BCUT2D eigenvalue weighted by molar-refractivity contribution is 6.05. The van der Waals surface area contributed by atoms with Crippen LogP contribution < -0.4 is 5.32 Å². The standard InChI is InChI=1S/C19H14N2O2/c22-19(16-9-10-20-17-7-3-2-6-15(16)17)21-12-14-11-13-5-1-4-8-18(13)23-14/h1-11H,12H2,(H,21,22). The van der Waals surface area contributed by atoms with Crippen LogP contribution in [0.2, 0.25) is 0 Å². The Morgan fingerprint density at radius 1 is 1.04 bits per heavy atom. The molecule has 0 atom stereocenters. The fraction of sp³-hybridized carbons (Fsp3) is 0.0526. The van der Waals surface area contributed by atoms with Gasteiger partial charge in [0.25, 0.3) is 5.91 Å². The summed E-state index contributed by atoms with van der Waals surface area (Å²) in [5.41, 5.74) is 2.25. The Bertz CT molecular complexity index is 966. The number of nitrogens with one attached hydrogen (secondary N) is 1. The van der Waals surface area contributed by atoms with E-state index in [0.29, 0.717) is 12.1 Å². The lowest BCUT2D eigenvalue weighted by atomic mass is 10.1. The summed E-state index contributed by atoms with van der Waals surface area (Å²) in [6, 6.07) is 19.1. The zero-order valence-electron chi connectivity index (χ0n) is 12.3. The Morgan fingerprint density at radius 3 is 2.78 bits per heavy atom. The molecule has 4 aromatic rings. The van der Waals surface area contributed by atoms with Crippen molar-refractivity contribution < 1.29 is 9.21 Å². The number of amides is 1. The van der Waals surface area contributed by atoms with Crippen LogP contribution in [0.1, 0.15) is 16.1 Å². The van der Waals surface area contributed by atoms with E-state index in [1.807, 2.05) is 54.6 Å². The number of hydrogen-bond donors (Lipinski definition) is 1. The van der Waals surface area contributed by atoms with Gasteiger partial charge in [-0.25, -0.2) is 0 Å². The maximum Gasteiger partial charge on any atom is 0.252 e. The third-order valence-electron chi connectivity index (χ3n) is 3.79. The molecule has 0 saturated carbocycles. The lowest BCUT2D eigenvalue weighted by Gasteiger charge is -2.06. The van der Waals surface area contributed by atoms with Crippen LogP contribution in [0.25, 0.3) is 21.9 Å². The molecule has 0 aliphatic carbocycles. The fourth-order valence-electron chi connectivity index (χ4n) is 2.68. The van der Waals surface area contributed by atoms with Crippen LogP contribution in [-0.4, -0.2) is 10.9 Å². The molecule has 23 heavy (non-hydrogen) atoms. The maximum atomic E-state index is 12.5. The van der Waals surface area contributed by atoms with Gasteiger partial charge in [-0.2, -0.15) is 0 Å². The summed E-state index contributed by atoms with van der Waals surface area (Å²) >= 11 is 0. The molecule has 2 heterocycles. The Kier molecular flexibility index (Phi) is 3.27. The minimum atomic E-state index is -0.135. The largest absolute Gasteiger partial charge is 0.459 e. The van der Waals surface area contributed by atoms with Crippen molar-refractivity contribution in [2.45, 2.75) is 6.54 Å². The Hall–Kier alpha value is -3.14. The van der Waals surface area contributed by atoms with Crippen LogP contribution in [-0.2, 0) is 6.54 Å². The van der Waals surface area contributed by atoms with Crippen molar-refractivity contribution in [1.82, 2.24) is 10.3 Å². The van der Waals surface area contributed by atoms with E-state index in [1.165, 1.54) is 0 Å². The second-order valence-corrected chi connectivity index (χ2v) is 5.31. The Labute approximate surface area is 132 Å². The number of nitrogens with zero attached hydrogens (tertiary/aromatic N) is 1. The van der Waals surface area contributed by atoms with Crippen LogP contribution in [0.5, 0.6) is 0 Å². The summed E-state index contributed by atoms with van der Waals surface area (Å²) in [6.07, 6.45) is 1.65. The molecule has 4 heteroatoms. The molecular formula is C19H14N2O2. The lowest BCUT2D eigenvalue weighted by molar-refractivity contribution is 0.0950. The number of carbonyl (C=O) groups is 1. The Balaban J connectivity index is 1.57. The van der Waals surface area contributed by atoms with Gasteiger partial charge in [-0.1, -0.05) is 36.4 Å². The molecule has 0 radical (unpaired) electrons. The monoisotopic (exact) mass is 302 g/mol. The van der Waals surface area contributed by atoms with Crippen LogP contribution in [0.4, 0.5) is 0 Å². The molecule has 2 aromatic carbocycles. The SMILES string of the molecule is O=C(NCc1cc2ccccc2o1)c1ccnc2ccccc12. The molecule has 0 spiro atoms. The van der Waals surface area contributed by atoms with Gasteiger partial charge >= 0.3 is 0 Å². The number of aromatic nitrogens is 1. The molecule has 2 aromatic heterocycles. The van der Waals surface area contributed by atoms with Crippen molar-refractivity contribution in [2.75, 3.05) is 0 Å². The van der Waals surface area contributed by atoms with Gasteiger partial charge in [0.15, 0.2) is 0 Å². The van der Waals surface area contributed by atoms with E-state index in [2.05, 4.69) is 10.3 Å². The van der Waals surface area contributed by atoms with E-state index in [1.54, 1.807) is 12.3 Å². The second-order valence-electron chi connectivity index (χ2n) is 5.31. The summed E-state index contributed by atoms with van der Waals surface area (Å²) in [5, 5.41) is 4.79. The first-order chi connectivity index (χ1) is 11.3. The average Bonchev–Trinajstić information content (AvgIpc) is 3.02. The van der Waals surface area contributed by atoms with Gasteiger partial charge in [-0.05, 0) is 24.3 Å². The maximum absolute atomic E-state index is 12.5. The summed E-state index contributed by atoms with van der Waals surface area (Å²) < 4.78 is 5.71. The predicted octanol–water partition coefficient (Wildman–Crippen LogP) is 3.91. The summed E-state index contributed by atoms with van der Waals surface area (Å²) in [7, 11) is 0. The van der Waals surface area contributed by atoms with E-state index in [-0.39, 0.29) is 5.91 Å². The molecule has 0 fully saturated rings. The molecule has 1 amide bonds. The minimum absolute atomic E-state index is 0.135. The molecule has 0 aliphatic rings. The number of furan rings is 1. The number of benzene rings is 2. The molecule has 1 N–H and O–H groups in total. The predicted molar refractivity (Wildman–Crippen MR) is 89.1 cm³/mol. The number of carbonyl (C=O) groups excluding carboxylic acids is 1. The van der Waals surface area contributed by atoms with Gasteiger partial charge in [0.1, 0.15) is 11.3 Å². The van der Waals surface area contributed by atoms with E-state index in [0.717, 1.165) is 27.6 Å². The number of hydrogen-bond acceptors (Lipinski definition) is 3. The molecule has 0 unspecified atom stereocenters. The van der Waals surface area contributed by atoms with Crippen molar-refractivity contribution >= 4 is 27.8 Å². The van der Waals surface area contributed by atoms with E-state index in [9.17, 15) is 4.79 Å². The second kappa shape index (κ2) is 5.57. The zero-order chi connectivity index (χ0) is 15.6. The first-order valence-corrected chi connectivity index (χ1v) is 7.41. The number of pyridine rings is 1. The first kappa shape index (κ1) is 13.5. The lowest BCUT2D eigenvalue weighted by Crippen LogP contribution is -2.22. The molecule has 4 nitrogen and oxygen atoms in total. The molecule has 4 rings (SSSR count). The highest BCUT2D eigenvalue weighted by Gasteiger charge is 2.11. The highest BCUT2D eigenvalue weighted by Crippen LogP contribution is 2.19. The van der Waals surface area contributed by atoms with Crippen LogP contribution >= 0.6 is 0 Å². The third-order valence-corrected chi connectivity index (χ3v) is 3.79. The minimum Gasteiger partial charge on any atom is -0.459 e. The van der Waals surface area contributed by atoms with E-state index >= 15 is 0 Å². The summed E-state index contributed by atoms with van der Waals surface area (Å²) in [5.74, 6) is 0.599.